The monoisotopic (exact) mass is 375 g/mol. The zero-order valence-corrected chi connectivity index (χ0v) is 16.7. The number of urea groups is 1. The first-order valence-corrected chi connectivity index (χ1v) is 9.29. The third-order valence-corrected chi connectivity index (χ3v) is 4.69. The van der Waals surface area contributed by atoms with Gasteiger partial charge in [-0.15, -0.1) is 0 Å². The molecule has 0 saturated heterocycles. The Morgan fingerprint density at radius 3 is 2.52 bits per heavy atom. The predicted molar refractivity (Wildman–Crippen MR) is 103 cm³/mol. The molecule has 0 radical (unpaired) electrons. The summed E-state index contributed by atoms with van der Waals surface area (Å²) in [7, 11) is 1.64. The number of methoxy groups -OCH3 is 1. The summed E-state index contributed by atoms with van der Waals surface area (Å²) < 4.78 is 10.7. The van der Waals surface area contributed by atoms with Gasteiger partial charge in [0.1, 0.15) is 5.75 Å². The zero-order valence-electron chi connectivity index (χ0n) is 16.7. The van der Waals surface area contributed by atoms with Crippen molar-refractivity contribution >= 4 is 12.0 Å². The van der Waals surface area contributed by atoms with Crippen molar-refractivity contribution in [2.24, 2.45) is 0 Å². The van der Waals surface area contributed by atoms with Crippen LogP contribution in [0.1, 0.15) is 44.9 Å². The highest BCUT2D eigenvalue weighted by molar-refractivity contribution is 5.95. The molecule has 1 aliphatic heterocycles. The topological polar surface area (TPSA) is 79.9 Å². The molecule has 0 bridgehead atoms. The first-order valence-electron chi connectivity index (χ1n) is 9.29. The van der Waals surface area contributed by atoms with E-state index in [9.17, 15) is 9.59 Å². The molecule has 7 heteroatoms. The highest BCUT2D eigenvalue weighted by Crippen LogP contribution is 2.31. The van der Waals surface area contributed by atoms with E-state index in [0.717, 1.165) is 36.5 Å². The molecule has 1 aromatic rings. The lowest BCUT2D eigenvalue weighted by atomic mass is 9.94. The van der Waals surface area contributed by atoms with Crippen LogP contribution < -0.4 is 15.4 Å². The van der Waals surface area contributed by atoms with Crippen molar-refractivity contribution < 1.29 is 19.1 Å². The Morgan fingerprint density at radius 2 is 1.93 bits per heavy atom. The molecule has 0 unspecified atom stereocenters. The van der Waals surface area contributed by atoms with Gasteiger partial charge in [0.15, 0.2) is 0 Å². The molecule has 0 fully saturated rings. The summed E-state index contributed by atoms with van der Waals surface area (Å²) in [6.07, 6.45) is 0. The second-order valence-electron chi connectivity index (χ2n) is 6.32. The fraction of sp³-hybridized carbons (Fsp3) is 0.500. The van der Waals surface area contributed by atoms with Gasteiger partial charge >= 0.3 is 12.0 Å². The fourth-order valence-electron chi connectivity index (χ4n) is 3.21. The number of amides is 2. The number of rotatable bonds is 8. The van der Waals surface area contributed by atoms with Crippen LogP contribution in [0.15, 0.2) is 29.5 Å². The van der Waals surface area contributed by atoms with E-state index in [0.29, 0.717) is 11.3 Å². The normalized spacial score (nSPS) is 16.8. The van der Waals surface area contributed by atoms with Crippen LogP contribution in [0.3, 0.4) is 0 Å². The van der Waals surface area contributed by atoms with E-state index in [2.05, 4.69) is 29.4 Å². The Hall–Kier alpha value is -2.54. The fourth-order valence-corrected chi connectivity index (χ4v) is 3.21. The quantitative estimate of drug-likeness (QED) is 0.683. The van der Waals surface area contributed by atoms with Crippen molar-refractivity contribution in [3.63, 3.8) is 0 Å². The molecule has 0 aliphatic carbocycles. The number of carbonyl (C=O) groups excluding carboxylic acids is 2. The first kappa shape index (κ1) is 20.8. The van der Waals surface area contributed by atoms with Crippen molar-refractivity contribution in [2.75, 3.05) is 26.8 Å². The minimum atomic E-state index is -0.570. The maximum Gasteiger partial charge on any atom is 0.338 e. The van der Waals surface area contributed by atoms with Crippen LogP contribution in [0, 0.1) is 0 Å². The summed E-state index contributed by atoms with van der Waals surface area (Å²) in [6.45, 7) is 10.5. The standard InChI is InChI=1S/C20H29N3O4/c1-6-23(7-2)12-15-11-14(9-10-16(15)26-5)18-17(19(24)27-8-3)13(4)21-20(25)22-18/h9-11,18H,6-8,12H2,1-5H3,(H2,21,22,25)/t18-/m1/s1. The molecule has 2 N–H and O–H groups in total. The summed E-state index contributed by atoms with van der Waals surface area (Å²) in [6, 6.07) is 4.82. The lowest BCUT2D eigenvalue weighted by Gasteiger charge is -2.29. The third-order valence-electron chi connectivity index (χ3n) is 4.69. The summed E-state index contributed by atoms with van der Waals surface area (Å²) in [5.74, 6) is 0.345. The minimum Gasteiger partial charge on any atom is -0.496 e. The van der Waals surface area contributed by atoms with Crippen LogP contribution in [0.2, 0.25) is 0 Å². The van der Waals surface area contributed by atoms with Gasteiger partial charge in [0, 0.05) is 17.8 Å². The molecule has 27 heavy (non-hydrogen) atoms. The maximum absolute atomic E-state index is 12.5. The van der Waals surface area contributed by atoms with Crippen molar-refractivity contribution in [3.05, 3.63) is 40.6 Å². The van der Waals surface area contributed by atoms with E-state index in [1.54, 1.807) is 21.0 Å². The number of nitrogens with one attached hydrogen (secondary N) is 2. The Bertz CT molecular complexity index is 726. The lowest BCUT2D eigenvalue weighted by molar-refractivity contribution is -0.139. The number of esters is 1. The molecule has 1 atom stereocenters. The molecule has 0 saturated carbocycles. The van der Waals surface area contributed by atoms with E-state index >= 15 is 0 Å². The van der Waals surface area contributed by atoms with Gasteiger partial charge in [-0.2, -0.15) is 0 Å². The number of carbonyl (C=O) groups is 2. The number of hydrogen-bond acceptors (Lipinski definition) is 5. The molecule has 2 rings (SSSR count). The van der Waals surface area contributed by atoms with Crippen LogP contribution in [-0.2, 0) is 16.1 Å². The van der Waals surface area contributed by atoms with Gasteiger partial charge in [-0.3, -0.25) is 4.90 Å². The second kappa shape index (κ2) is 9.41. The highest BCUT2D eigenvalue weighted by Gasteiger charge is 2.32. The Labute approximate surface area is 160 Å². The van der Waals surface area contributed by atoms with E-state index in [1.807, 2.05) is 18.2 Å². The number of allylic oxidation sites excluding steroid dienone is 1. The molecule has 1 aromatic carbocycles. The van der Waals surface area contributed by atoms with Gasteiger partial charge in [0.2, 0.25) is 0 Å². The zero-order chi connectivity index (χ0) is 20.0. The Balaban J connectivity index is 2.46. The third kappa shape index (κ3) is 4.80. The van der Waals surface area contributed by atoms with Crippen molar-refractivity contribution in [1.29, 1.82) is 0 Å². The number of nitrogens with zero attached hydrogens (tertiary/aromatic N) is 1. The lowest BCUT2D eigenvalue weighted by Crippen LogP contribution is -2.45. The minimum absolute atomic E-state index is 0.270. The van der Waals surface area contributed by atoms with Gasteiger partial charge < -0.3 is 20.1 Å². The van der Waals surface area contributed by atoms with Gasteiger partial charge in [-0.05, 0) is 44.6 Å². The SMILES string of the molecule is CCOC(=O)C1=C(C)NC(=O)N[C@@H]1c1ccc(OC)c(CN(CC)CC)c1. The van der Waals surface area contributed by atoms with Crippen LogP contribution >= 0.6 is 0 Å². The van der Waals surface area contributed by atoms with E-state index < -0.39 is 12.0 Å². The predicted octanol–water partition coefficient (Wildman–Crippen LogP) is 2.73. The summed E-state index contributed by atoms with van der Waals surface area (Å²) in [5.41, 5.74) is 2.74. The van der Waals surface area contributed by atoms with Crippen LogP contribution in [0.25, 0.3) is 0 Å². The molecular weight excluding hydrogens is 346 g/mol. The molecule has 7 nitrogen and oxygen atoms in total. The van der Waals surface area contributed by atoms with E-state index in [4.69, 9.17) is 9.47 Å². The van der Waals surface area contributed by atoms with Gasteiger partial charge in [0.05, 0.1) is 25.3 Å². The average Bonchev–Trinajstić information content (AvgIpc) is 2.65. The van der Waals surface area contributed by atoms with Crippen molar-refractivity contribution in [3.8, 4) is 5.75 Å². The smallest absolute Gasteiger partial charge is 0.338 e. The molecule has 2 amide bonds. The summed E-state index contributed by atoms with van der Waals surface area (Å²) in [5, 5.41) is 5.49. The van der Waals surface area contributed by atoms with Crippen LogP contribution in [0.5, 0.6) is 5.75 Å². The van der Waals surface area contributed by atoms with Crippen LogP contribution in [-0.4, -0.2) is 43.7 Å². The van der Waals surface area contributed by atoms with Gasteiger partial charge in [-0.25, -0.2) is 9.59 Å². The number of ether oxygens (including phenoxy) is 2. The summed E-state index contributed by atoms with van der Waals surface area (Å²) >= 11 is 0. The largest absolute Gasteiger partial charge is 0.496 e. The average molecular weight is 375 g/mol. The van der Waals surface area contributed by atoms with Gasteiger partial charge in [0.25, 0.3) is 0 Å². The van der Waals surface area contributed by atoms with E-state index in [-0.39, 0.29) is 12.6 Å². The van der Waals surface area contributed by atoms with Gasteiger partial charge in [-0.1, -0.05) is 19.9 Å². The molecule has 148 valence electrons. The highest BCUT2D eigenvalue weighted by atomic mass is 16.5. The number of benzene rings is 1. The maximum atomic E-state index is 12.5. The van der Waals surface area contributed by atoms with E-state index in [1.165, 1.54) is 0 Å². The number of hydrogen-bond donors (Lipinski definition) is 2. The molecule has 0 aromatic heterocycles. The molecular formula is C20H29N3O4. The Kier molecular flexibility index (Phi) is 7.24. The van der Waals surface area contributed by atoms with Crippen molar-refractivity contribution in [2.45, 2.75) is 40.3 Å². The Morgan fingerprint density at radius 1 is 1.22 bits per heavy atom. The molecule has 0 spiro atoms. The summed E-state index contributed by atoms with van der Waals surface area (Å²) in [4.78, 5) is 26.8. The second-order valence-corrected chi connectivity index (χ2v) is 6.32. The molecule has 1 heterocycles. The first-order chi connectivity index (χ1) is 12.9. The van der Waals surface area contributed by atoms with Crippen LogP contribution in [0.4, 0.5) is 4.79 Å². The molecule has 1 aliphatic rings. The van der Waals surface area contributed by atoms with Crippen molar-refractivity contribution in [1.82, 2.24) is 15.5 Å².